The molecule has 3 heterocycles. The summed E-state index contributed by atoms with van der Waals surface area (Å²) in [6.45, 7) is 0.0730. The zero-order valence-corrected chi connectivity index (χ0v) is 22.9. The minimum atomic E-state index is -3.59. The number of H-pyrrole nitrogens is 1. The first kappa shape index (κ1) is 27.3. The molecule has 8 nitrogen and oxygen atoms in total. The summed E-state index contributed by atoms with van der Waals surface area (Å²) in [5.74, 6) is -0.882. The highest BCUT2D eigenvalue weighted by Gasteiger charge is 2.16. The highest BCUT2D eigenvalue weighted by Crippen LogP contribution is 2.26. The van der Waals surface area contributed by atoms with Crippen LogP contribution in [0.4, 0.5) is 4.39 Å². The fourth-order valence-electron chi connectivity index (χ4n) is 4.45. The van der Waals surface area contributed by atoms with E-state index in [0.29, 0.717) is 43.9 Å². The minimum Gasteiger partial charge on any atom is -0.360 e. The van der Waals surface area contributed by atoms with E-state index in [1.54, 1.807) is 60.9 Å². The van der Waals surface area contributed by atoms with Crippen LogP contribution < -0.4 is 10.9 Å². The molecule has 11 heteroatoms. The van der Waals surface area contributed by atoms with Crippen molar-refractivity contribution in [3.8, 4) is 0 Å². The summed E-state index contributed by atoms with van der Waals surface area (Å²) < 4.78 is 41.1. The number of halogens is 2. The molecule has 5 aromatic rings. The second-order valence-corrected chi connectivity index (χ2v) is 11.8. The van der Waals surface area contributed by atoms with E-state index in [0.717, 1.165) is 6.26 Å². The monoisotopic (exact) mass is 578 g/mol. The van der Waals surface area contributed by atoms with Crippen molar-refractivity contribution in [1.29, 1.82) is 0 Å². The third-order valence-corrected chi connectivity index (χ3v) is 7.96. The van der Waals surface area contributed by atoms with Gasteiger partial charge in [-0.3, -0.25) is 14.6 Å². The summed E-state index contributed by atoms with van der Waals surface area (Å²) in [5, 5.41) is 3.84. The van der Waals surface area contributed by atoms with Crippen LogP contribution in [0.25, 0.3) is 10.9 Å². The standard InChI is InChI=1S/C29H24ClFN4O4S/c1-40(38,39)27-11-18(5-6-20(27)17-35-9-3-2-4-28(35)36)10-22-12-19(7-8-32-22)29(37)34-15-21-13-23-24(30)16-33-26(23)14-25(21)31/h2-9,11-14,16,33H,10,15,17H2,1H3,(H,34,37). The van der Waals surface area contributed by atoms with E-state index in [4.69, 9.17) is 11.6 Å². The molecule has 0 spiro atoms. The third-order valence-electron chi connectivity index (χ3n) is 6.47. The smallest absolute Gasteiger partial charge is 0.251 e. The van der Waals surface area contributed by atoms with Gasteiger partial charge in [-0.1, -0.05) is 29.8 Å². The van der Waals surface area contributed by atoms with Crippen LogP contribution in [0, 0.1) is 5.82 Å². The molecule has 0 radical (unpaired) electrons. The lowest BCUT2D eigenvalue weighted by atomic mass is 10.1. The summed E-state index contributed by atoms with van der Waals surface area (Å²) in [7, 11) is -3.59. The number of hydrogen-bond acceptors (Lipinski definition) is 5. The average Bonchev–Trinajstić information content (AvgIpc) is 3.27. The molecule has 2 N–H and O–H groups in total. The Morgan fingerprint density at radius 1 is 1.10 bits per heavy atom. The molecular weight excluding hydrogens is 555 g/mol. The maximum absolute atomic E-state index is 14.5. The summed E-state index contributed by atoms with van der Waals surface area (Å²) in [4.78, 5) is 32.3. The van der Waals surface area contributed by atoms with Gasteiger partial charge in [0.05, 0.1) is 16.5 Å². The first-order chi connectivity index (χ1) is 19.1. The van der Waals surface area contributed by atoms with Crippen LogP contribution in [-0.4, -0.2) is 35.1 Å². The van der Waals surface area contributed by atoms with Crippen LogP contribution in [0.3, 0.4) is 0 Å². The summed E-state index contributed by atoms with van der Waals surface area (Å²) in [6.07, 6.45) is 6.06. The predicted molar refractivity (Wildman–Crippen MR) is 151 cm³/mol. The van der Waals surface area contributed by atoms with Gasteiger partial charge in [0.25, 0.3) is 11.5 Å². The van der Waals surface area contributed by atoms with Gasteiger partial charge in [-0.25, -0.2) is 12.8 Å². The molecule has 0 atom stereocenters. The van der Waals surface area contributed by atoms with Crippen LogP contribution in [0.5, 0.6) is 0 Å². The molecule has 204 valence electrons. The first-order valence-corrected chi connectivity index (χ1v) is 14.5. The Hall–Kier alpha value is -4.28. The molecule has 0 fully saturated rings. The quantitative estimate of drug-likeness (QED) is 0.282. The van der Waals surface area contributed by atoms with Crippen molar-refractivity contribution in [2.75, 3.05) is 6.26 Å². The SMILES string of the molecule is CS(=O)(=O)c1cc(Cc2cc(C(=O)NCc3cc4c(Cl)c[nH]c4cc3F)ccn2)ccc1Cn1ccccc1=O. The highest BCUT2D eigenvalue weighted by atomic mass is 35.5. The molecule has 0 saturated carbocycles. The van der Waals surface area contributed by atoms with E-state index in [-0.39, 0.29) is 30.0 Å². The Morgan fingerprint density at radius 3 is 2.70 bits per heavy atom. The third kappa shape index (κ3) is 5.98. The van der Waals surface area contributed by atoms with Crippen LogP contribution in [0.1, 0.15) is 32.7 Å². The number of amides is 1. The number of nitrogens with one attached hydrogen (secondary N) is 2. The number of aromatic nitrogens is 3. The van der Waals surface area contributed by atoms with E-state index < -0.39 is 21.6 Å². The molecule has 0 aliphatic heterocycles. The molecule has 3 aromatic heterocycles. The second kappa shape index (κ2) is 11.1. The first-order valence-electron chi connectivity index (χ1n) is 12.2. The predicted octanol–water partition coefficient (Wildman–Crippen LogP) is 4.49. The molecule has 0 aliphatic rings. The van der Waals surface area contributed by atoms with Gasteiger partial charge in [0.1, 0.15) is 5.82 Å². The number of pyridine rings is 2. The molecular formula is C29H24ClFN4O4S. The lowest BCUT2D eigenvalue weighted by Gasteiger charge is -2.12. The fraction of sp³-hybridized carbons (Fsp3) is 0.138. The van der Waals surface area contributed by atoms with Crippen LogP contribution in [0.15, 0.2) is 88.9 Å². The van der Waals surface area contributed by atoms with Crippen LogP contribution in [-0.2, 0) is 29.3 Å². The maximum atomic E-state index is 14.5. The number of aromatic amines is 1. The molecule has 40 heavy (non-hydrogen) atoms. The Morgan fingerprint density at radius 2 is 1.93 bits per heavy atom. The van der Waals surface area contributed by atoms with E-state index in [9.17, 15) is 22.4 Å². The largest absolute Gasteiger partial charge is 0.360 e. The number of benzene rings is 2. The van der Waals surface area contributed by atoms with Crippen molar-refractivity contribution in [1.82, 2.24) is 19.9 Å². The molecule has 2 aromatic carbocycles. The van der Waals surface area contributed by atoms with Gasteiger partial charge < -0.3 is 14.9 Å². The summed E-state index contributed by atoms with van der Waals surface area (Å²) in [5.41, 5.74) is 2.67. The second-order valence-electron chi connectivity index (χ2n) is 9.40. The zero-order valence-electron chi connectivity index (χ0n) is 21.3. The Bertz CT molecular complexity index is 1920. The van der Waals surface area contributed by atoms with Crippen LogP contribution >= 0.6 is 11.6 Å². The van der Waals surface area contributed by atoms with Crippen molar-refractivity contribution >= 4 is 38.2 Å². The topological polar surface area (TPSA) is 114 Å². The Balaban J connectivity index is 1.33. The molecule has 0 saturated heterocycles. The van der Waals surface area contributed by atoms with Crippen molar-refractivity contribution in [3.63, 3.8) is 0 Å². The van der Waals surface area contributed by atoms with Crippen molar-refractivity contribution in [3.05, 3.63) is 128 Å². The number of fused-ring (bicyclic) bond motifs is 1. The van der Waals surface area contributed by atoms with Gasteiger partial charge in [0.15, 0.2) is 9.84 Å². The van der Waals surface area contributed by atoms with E-state index >= 15 is 0 Å². The van der Waals surface area contributed by atoms with Crippen LogP contribution in [0.2, 0.25) is 5.02 Å². The summed E-state index contributed by atoms with van der Waals surface area (Å²) >= 11 is 6.13. The van der Waals surface area contributed by atoms with Gasteiger partial charge in [-0.2, -0.15) is 0 Å². The average molecular weight is 579 g/mol. The van der Waals surface area contributed by atoms with Crippen molar-refractivity contribution in [2.45, 2.75) is 24.4 Å². The Labute approximate surface area is 234 Å². The number of carbonyl (C=O) groups is 1. The fourth-order valence-corrected chi connectivity index (χ4v) is 5.64. The van der Waals surface area contributed by atoms with Crippen molar-refractivity contribution < 1.29 is 17.6 Å². The minimum absolute atomic E-state index is 0.0382. The van der Waals surface area contributed by atoms with Gasteiger partial charge in [-0.05, 0) is 47.5 Å². The lowest BCUT2D eigenvalue weighted by Crippen LogP contribution is -2.23. The van der Waals surface area contributed by atoms with E-state index in [1.807, 2.05) is 0 Å². The number of nitrogens with zero attached hydrogens (tertiary/aromatic N) is 2. The highest BCUT2D eigenvalue weighted by molar-refractivity contribution is 7.90. The molecule has 1 amide bonds. The van der Waals surface area contributed by atoms with Gasteiger partial charge in [-0.15, -0.1) is 0 Å². The zero-order chi connectivity index (χ0) is 28.4. The molecule has 5 rings (SSSR count). The normalized spacial score (nSPS) is 11.6. The van der Waals surface area contributed by atoms with Gasteiger partial charge >= 0.3 is 0 Å². The van der Waals surface area contributed by atoms with Gasteiger partial charge in [0, 0.05) is 71.6 Å². The number of rotatable bonds is 8. The molecule has 0 aliphatic carbocycles. The lowest BCUT2D eigenvalue weighted by molar-refractivity contribution is 0.0950. The number of sulfone groups is 1. The number of carbonyl (C=O) groups excluding carboxylic acids is 1. The van der Waals surface area contributed by atoms with E-state index in [2.05, 4.69) is 15.3 Å². The van der Waals surface area contributed by atoms with Crippen molar-refractivity contribution in [2.24, 2.45) is 0 Å². The van der Waals surface area contributed by atoms with Gasteiger partial charge in [0.2, 0.25) is 0 Å². The Kier molecular flexibility index (Phi) is 7.55. The molecule has 0 unspecified atom stereocenters. The maximum Gasteiger partial charge on any atom is 0.251 e. The number of hydrogen-bond donors (Lipinski definition) is 2. The van der Waals surface area contributed by atoms with E-state index in [1.165, 1.54) is 22.9 Å². The summed E-state index contributed by atoms with van der Waals surface area (Å²) in [6, 6.07) is 15.9. The molecule has 0 bridgehead atoms.